The first-order valence-electron chi connectivity index (χ1n) is 7.50. The lowest BCUT2D eigenvalue weighted by molar-refractivity contribution is -0.891. The lowest BCUT2D eigenvalue weighted by Gasteiger charge is -2.30. The van der Waals surface area contributed by atoms with Crippen LogP contribution in [-0.2, 0) is 4.74 Å². The van der Waals surface area contributed by atoms with E-state index in [4.69, 9.17) is 4.74 Å². The summed E-state index contributed by atoms with van der Waals surface area (Å²) in [6.45, 7) is 2.63. The van der Waals surface area contributed by atoms with E-state index in [0.29, 0.717) is 0 Å². The highest BCUT2D eigenvalue weighted by molar-refractivity contribution is 5.85. The maximum atomic E-state index is 10.6. The van der Waals surface area contributed by atoms with E-state index in [9.17, 15) is 5.11 Å². The second-order valence-electron chi connectivity index (χ2n) is 6.25. The van der Waals surface area contributed by atoms with Gasteiger partial charge in [0.05, 0.1) is 33.4 Å². The summed E-state index contributed by atoms with van der Waals surface area (Å²) in [5.41, 5.74) is 1.03. The molecule has 0 aliphatic carbocycles. The minimum absolute atomic E-state index is 0. The smallest absolute Gasteiger partial charge is 0.102 e. The highest BCUT2D eigenvalue weighted by Gasteiger charge is 2.19. The van der Waals surface area contributed by atoms with Gasteiger partial charge in [-0.1, -0.05) is 42.5 Å². The number of aliphatic hydroxyl groups excluding tert-OH is 1. The molecular formula is C18H26INO2. The van der Waals surface area contributed by atoms with Crippen molar-refractivity contribution in [1.29, 1.82) is 0 Å². The van der Waals surface area contributed by atoms with E-state index in [2.05, 4.69) is 32.3 Å². The first-order valence-corrected chi connectivity index (χ1v) is 7.50. The zero-order chi connectivity index (χ0) is 15.3. The summed E-state index contributed by atoms with van der Waals surface area (Å²) < 4.78 is 6.01. The van der Waals surface area contributed by atoms with Crippen LogP contribution in [0.25, 0.3) is 10.8 Å². The molecule has 2 rings (SSSR count). The van der Waals surface area contributed by atoms with Crippen molar-refractivity contribution < 1.29 is 38.3 Å². The Balaban J connectivity index is 0.00000242. The largest absolute Gasteiger partial charge is 1.00 e. The number of halogens is 1. The monoisotopic (exact) mass is 415 g/mol. The van der Waals surface area contributed by atoms with Crippen molar-refractivity contribution >= 4 is 10.8 Å². The number of hydrogen-bond acceptors (Lipinski definition) is 2. The zero-order valence-corrected chi connectivity index (χ0v) is 15.8. The Kier molecular flexibility index (Phi) is 7.76. The highest BCUT2D eigenvalue weighted by Crippen LogP contribution is 2.26. The molecule has 2 aromatic rings. The predicted octanol–water partition coefficient (Wildman–Crippen LogP) is -0.00990. The molecule has 1 atom stereocenters. The van der Waals surface area contributed by atoms with Crippen LogP contribution in [0.2, 0.25) is 0 Å². The topological polar surface area (TPSA) is 29.5 Å². The number of quaternary nitrogens is 1. The van der Waals surface area contributed by atoms with Gasteiger partial charge < -0.3 is 38.3 Å². The fraction of sp³-hybridized carbons (Fsp3) is 0.444. The van der Waals surface area contributed by atoms with Crippen LogP contribution in [0.3, 0.4) is 0 Å². The molecule has 22 heavy (non-hydrogen) atoms. The lowest BCUT2D eigenvalue weighted by atomic mass is 9.98. The number of ether oxygens (including phenoxy) is 1. The van der Waals surface area contributed by atoms with E-state index in [0.717, 1.165) is 41.5 Å². The van der Waals surface area contributed by atoms with Crippen molar-refractivity contribution in [3.05, 3.63) is 48.0 Å². The zero-order valence-electron chi connectivity index (χ0n) is 13.6. The molecule has 0 amide bonds. The summed E-state index contributed by atoms with van der Waals surface area (Å²) in [7, 11) is 6.08. The summed E-state index contributed by atoms with van der Waals surface area (Å²) in [5, 5.41) is 12.9. The third-order valence-electron chi connectivity index (χ3n) is 4.09. The van der Waals surface area contributed by atoms with Crippen LogP contribution in [0.5, 0.6) is 0 Å². The summed E-state index contributed by atoms with van der Waals surface area (Å²) in [6.07, 6.45) is 0.334. The van der Waals surface area contributed by atoms with Crippen LogP contribution in [0.15, 0.2) is 42.5 Å². The molecule has 3 nitrogen and oxygen atoms in total. The van der Waals surface area contributed by atoms with Crippen molar-refractivity contribution in [3.63, 3.8) is 0 Å². The first-order chi connectivity index (χ1) is 10.0. The van der Waals surface area contributed by atoms with E-state index in [1.807, 2.05) is 24.3 Å². The van der Waals surface area contributed by atoms with E-state index >= 15 is 0 Å². The van der Waals surface area contributed by atoms with Crippen LogP contribution < -0.4 is 24.0 Å². The Hall–Kier alpha value is -0.690. The van der Waals surface area contributed by atoms with Gasteiger partial charge in [-0.2, -0.15) is 0 Å². The number of fused-ring (bicyclic) bond motifs is 1. The molecule has 0 heterocycles. The Morgan fingerprint density at radius 1 is 1.05 bits per heavy atom. The van der Waals surface area contributed by atoms with Gasteiger partial charge in [-0.05, 0) is 16.3 Å². The van der Waals surface area contributed by atoms with Gasteiger partial charge in [0.2, 0.25) is 0 Å². The summed E-state index contributed by atoms with van der Waals surface area (Å²) in [5.74, 6) is 0. The molecule has 2 aromatic carbocycles. The minimum atomic E-state index is -0.420. The molecule has 0 saturated heterocycles. The van der Waals surface area contributed by atoms with Crippen LogP contribution >= 0.6 is 0 Å². The maximum Gasteiger partial charge on any atom is 0.102 e. The van der Waals surface area contributed by atoms with Crippen molar-refractivity contribution in [2.75, 3.05) is 40.9 Å². The van der Waals surface area contributed by atoms with Gasteiger partial charge in [0.1, 0.15) is 6.54 Å². The summed E-state index contributed by atoms with van der Waals surface area (Å²) in [6, 6.07) is 14.4. The normalized spacial score (nSPS) is 12.9. The molecule has 0 radical (unpaired) electrons. The van der Waals surface area contributed by atoms with Crippen molar-refractivity contribution in [2.45, 2.75) is 12.5 Å². The summed E-state index contributed by atoms with van der Waals surface area (Å²) >= 11 is 0. The Morgan fingerprint density at radius 2 is 1.73 bits per heavy atom. The SMILES string of the molecule is COCC[N+](C)(C)CCC(O)c1cccc2ccccc12.[I-]. The molecule has 122 valence electrons. The van der Waals surface area contributed by atoms with Crippen molar-refractivity contribution in [3.8, 4) is 0 Å². The number of hydrogen-bond donors (Lipinski definition) is 1. The van der Waals surface area contributed by atoms with Crippen molar-refractivity contribution in [1.82, 2.24) is 0 Å². The third kappa shape index (κ3) is 5.19. The molecule has 1 N–H and O–H groups in total. The second-order valence-corrected chi connectivity index (χ2v) is 6.25. The van der Waals surface area contributed by atoms with Gasteiger partial charge >= 0.3 is 0 Å². The van der Waals surface area contributed by atoms with Crippen molar-refractivity contribution in [2.24, 2.45) is 0 Å². The fourth-order valence-electron chi connectivity index (χ4n) is 2.62. The van der Waals surface area contributed by atoms with Gasteiger partial charge in [-0.15, -0.1) is 0 Å². The highest BCUT2D eigenvalue weighted by atomic mass is 127. The fourth-order valence-corrected chi connectivity index (χ4v) is 2.62. The molecule has 0 spiro atoms. The Bertz CT molecular complexity index is 581. The predicted molar refractivity (Wildman–Crippen MR) is 87.2 cm³/mol. The van der Waals surface area contributed by atoms with Gasteiger partial charge in [-0.25, -0.2) is 0 Å². The van der Waals surface area contributed by atoms with Crippen LogP contribution in [0, 0.1) is 0 Å². The number of aliphatic hydroxyl groups is 1. The first kappa shape index (κ1) is 19.4. The van der Waals surface area contributed by atoms with Gasteiger partial charge in [0.15, 0.2) is 0 Å². The molecule has 0 aliphatic heterocycles. The van der Waals surface area contributed by atoms with Gasteiger partial charge in [-0.3, -0.25) is 0 Å². The number of benzene rings is 2. The summed E-state index contributed by atoms with van der Waals surface area (Å²) in [4.78, 5) is 0. The molecule has 0 bridgehead atoms. The molecule has 0 aliphatic rings. The average Bonchev–Trinajstić information content (AvgIpc) is 2.50. The van der Waals surface area contributed by atoms with Gasteiger partial charge in [0.25, 0.3) is 0 Å². The molecule has 4 heteroatoms. The molecule has 0 aromatic heterocycles. The lowest BCUT2D eigenvalue weighted by Crippen LogP contribution is -3.00. The standard InChI is InChI=1S/C18H26NO2.HI/c1-19(2,13-14-21-3)12-11-18(20)17-10-6-8-15-7-4-5-9-16(15)17;/h4-10,18,20H,11-14H2,1-3H3;1H/q+1;/p-1. The van der Waals surface area contributed by atoms with E-state index < -0.39 is 6.10 Å². The van der Waals surface area contributed by atoms with Crippen LogP contribution in [-0.4, -0.2) is 50.5 Å². The average molecular weight is 415 g/mol. The Morgan fingerprint density at radius 3 is 2.45 bits per heavy atom. The molecule has 0 saturated carbocycles. The van der Waals surface area contributed by atoms with E-state index in [1.165, 1.54) is 5.39 Å². The molecule has 1 unspecified atom stereocenters. The quantitative estimate of drug-likeness (QED) is 0.510. The molecule has 0 fully saturated rings. The van der Waals surface area contributed by atoms with E-state index in [1.54, 1.807) is 7.11 Å². The second kappa shape index (κ2) is 8.82. The maximum absolute atomic E-state index is 10.6. The van der Waals surface area contributed by atoms with Gasteiger partial charge in [0, 0.05) is 13.5 Å². The molecular weight excluding hydrogens is 389 g/mol. The third-order valence-corrected chi connectivity index (χ3v) is 4.09. The number of likely N-dealkylation sites (N-methyl/N-ethyl adjacent to an activating group) is 1. The van der Waals surface area contributed by atoms with Crippen LogP contribution in [0.1, 0.15) is 18.1 Å². The Labute approximate surface area is 150 Å². The number of methoxy groups -OCH3 is 1. The van der Waals surface area contributed by atoms with E-state index in [-0.39, 0.29) is 24.0 Å². The number of nitrogens with zero attached hydrogens (tertiary/aromatic N) is 1. The minimum Gasteiger partial charge on any atom is -1.00 e. The van der Waals surface area contributed by atoms with Crippen LogP contribution in [0.4, 0.5) is 0 Å². The number of rotatable bonds is 7.